The summed E-state index contributed by atoms with van der Waals surface area (Å²) in [6.07, 6.45) is 8.70. The standard InChI is InChI=1S/C25H21Cl2N5O2.C16H14Cl2N4O2.C10H9Br/c26-19-5-4-15(12-20(19)27)24(33)30-9-7-22-18(14-30)23-25(34)31(10-11-32(23)29-22)13-16-2-1-3-21-17(16)6-8-28-21;17-11-2-1-9(7-12(11)18)16(24)21-5-3-13-10(8-21)14-15(23)19-4-6-22(14)20-13;11-7-9-5-1-3-8-4-2-6-10(8)9/h1-6,8,12,28H,7,9-11,13-14H2;1-2,7H,3-6,8H2,(H,19,23);1-3,5-6H,4,7H2. The number of benzene rings is 4. The molecule has 0 spiro atoms. The number of H-pyrrole nitrogens is 1. The minimum Gasteiger partial charge on any atom is -0.361 e. The molecule has 7 heterocycles. The lowest BCUT2D eigenvalue weighted by Crippen LogP contribution is -2.41. The van der Waals surface area contributed by atoms with Crippen molar-refractivity contribution in [2.75, 3.05) is 26.2 Å². The van der Waals surface area contributed by atoms with Gasteiger partial charge in [-0.3, -0.25) is 28.5 Å². The van der Waals surface area contributed by atoms with Crippen molar-refractivity contribution >= 4 is 103 Å². The summed E-state index contributed by atoms with van der Waals surface area (Å²) in [6, 6.07) is 24.4. The third-order valence-corrected chi connectivity index (χ3v) is 15.2. The van der Waals surface area contributed by atoms with Gasteiger partial charge in [-0.25, -0.2) is 0 Å². The van der Waals surface area contributed by atoms with Crippen LogP contribution in [0.3, 0.4) is 0 Å². The van der Waals surface area contributed by atoms with Crippen molar-refractivity contribution in [3.8, 4) is 0 Å². The van der Waals surface area contributed by atoms with Crippen molar-refractivity contribution in [2.45, 2.75) is 57.3 Å². The maximum atomic E-state index is 13.6. The second-order valence-electron chi connectivity index (χ2n) is 17.3. The number of amides is 4. The first-order valence-electron chi connectivity index (χ1n) is 22.6. The number of alkyl halides is 1. The first kappa shape index (κ1) is 46.8. The fourth-order valence-electron chi connectivity index (χ4n) is 9.59. The predicted molar refractivity (Wildman–Crippen MR) is 271 cm³/mol. The van der Waals surface area contributed by atoms with Gasteiger partial charge in [-0.15, -0.1) is 0 Å². The molecule has 4 amide bonds. The van der Waals surface area contributed by atoms with Crippen LogP contribution >= 0.6 is 62.3 Å². The van der Waals surface area contributed by atoms with E-state index in [0.717, 1.165) is 50.7 Å². The number of halogens is 5. The first-order chi connectivity index (χ1) is 33.4. The largest absolute Gasteiger partial charge is 0.361 e. The van der Waals surface area contributed by atoms with Crippen molar-refractivity contribution in [2.24, 2.45) is 0 Å². The molecule has 0 saturated carbocycles. The molecule has 12 rings (SSSR count). The number of aromatic nitrogens is 5. The average molecular weight is 1070 g/mol. The second kappa shape index (κ2) is 19.8. The number of fused-ring (bicyclic) bond motifs is 8. The highest BCUT2D eigenvalue weighted by molar-refractivity contribution is 9.08. The van der Waals surface area contributed by atoms with Crippen LogP contribution in [0.5, 0.6) is 0 Å². The van der Waals surface area contributed by atoms with Crippen LogP contribution in [-0.4, -0.2) is 89.1 Å². The number of rotatable bonds is 5. The molecule has 2 N–H and O–H groups in total. The molecule has 0 unspecified atom stereocenters. The molecule has 352 valence electrons. The molecule has 4 aliphatic heterocycles. The second-order valence-corrected chi connectivity index (χ2v) is 19.5. The fraction of sp³-hybridized carbons (Fsp3) is 0.255. The normalized spacial score (nSPS) is 15.5. The van der Waals surface area contributed by atoms with Gasteiger partial charge in [0.1, 0.15) is 11.4 Å². The van der Waals surface area contributed by atoms with Crippen LogP contribution in [0.25, 0.3) is 17.0 Å². The minimum absolute atomic E-state index is 0.0450. The average Bonchev–Trinajstić information content (AvgIpc) is 4.19. The predicted octanol–water partition coefficient (Wildman–Crippen LogP) is 9.81. The van der Waals surface area contributed by atoms with E-state index in [1.54, 1.807) is 50.9 Å². The number of allylic oxidation sites excluding steroid dienone is 1. The summed E-state index contributed by atoms with van der Waals surface area (Å²) in [5.41, 5.74) is 12.0. The molecule has 1 aliphatic carbocycles. The molecule has 3 aromatic heterocycles. The number of carbonyl (C=O) groups is 4. The SMILES string of the molecule is BrCc1cccc2c1C=CC2.O=C(c1ccc(Cl)c(Cl)c1)N1CCc2nn3c(c2C1)C(=O)N(Cc1cccc2[nH]ccc12)CC3.O=C1NCCn2nc3c(c21)CN(C(=O)c1ccc(Cl)c(Cl)c1)CC3. The molecule has 5 aliphatic rings. The molecule has 0 bridgehead atoms. The van der Waals surface area contributed by atoms with Gasteiger partial charge in [0.05, 0.1) is 57.7 Å². The van der Waals surface area contributed by atoms with Crippen LogP contribution in [0.2, 0.25) is 20.1 Å². The number of nitrogens with one attached hydrogen (secondary N) is 2. The molecule has 0 saturated heterocycles. The smallest absolute Gasteiger partial charge is 0.272 e. The van der Waals surface area contributed by atoms with Gasteiger partial charge in [0.2, 0.25) is 0 Å². The molecular formula is C51H44BrCl4N9O4. The monoisotopic (exact) mass is 1070 g/mol. The lowest BCUT2D eigenvalue weighted by atomic mass is 10.0. The zero-order valence-electron chi connectivity index (χ0n) is 37.1. The first-order valence-corrected chi connectivity index (χ1v) is 25.2. The molecule has 18 heteroatoms. The maximum absolute atomic E-state index is 13.6. The summed E-state index contributed by atoms with van der Waals surface area (Å²) in [5, 5.41) is 15.6. The van der Waals surface area contributed by atoms with Gasteiger partial charge >= 0.3 is 0 Å². The lowest BCUT2D eigenvalue weighted by molar-refractivity contribution is 0.0671. The Morgan fingerprint density at radius 3 is 1.96 bits per heavy atom. The van der Waals surface area contributed by atoms with Gasteiger partial charge in [-0.05, 0) is 77.2 Å². The molecule has 4 aromatic carbocycles. The van der Waals surface area contributed by atoms with Gasteiger partial charge in [-0.1, -0.05) is 105 Å². The van der Waals surface area contributed by atoms with Gasteiger partial charge in [0.25, 0.3) is 23.6 Å². The quantitative estimate of drug-likeness (QED) is 0.165. The van der Waals surface area contributed by atoms with Gasteiger partial charge in [0, 0.05) is 90.2 Å². The summed E-state index contributed by atoms with van der Waals surface area (Å²) >= 11 is 27.5. The Balaban J connectivity index is 0.000000136. The number of aromatic amines is 1. The van der Waals surface area contributed by atoms with E-state index in [-0.39, 0.29) is 23.6 Å². The number of nitrogens with zero attached hydrogens (tertiary/aromatic N) is 7. The van der Waals surface area contributed by atoms with E-state index in [2.05, 4.69) is 67.7 Å². The lowest BCUT2D eigenvalue weighted by Gasteiger charge is -2.30. The Hall–Kier alpha value is -5.90. The maximum Gasteiger partial charge on any atom is 0.272 e. The Bertz CT molecular complexity index is 3230. The summed E-state index contributed by atoms with van der Waals surface area (Å²) in [4.78, 5) is 60.2. The van der Waals surface area contributed by atoms with E-state index in [4.69, 9.17) is 51.5 Å². The summed E-state index contributed by atoms with van der Waals surface area (Å²) in [7, 11) is 0. The molecular weight excluding hydrogens is 1020 g/mol. The number of hydrogen-bond donors (Lipinski definition) is 2. The topological polar surface area (TPSA) is 141 Å². The minimum atomic E-state index is -0.136. The molecule has 0 fully saturated rings. The fourth-order valence-corrected chi connectivity index (χ4v) is 10.7. The Labute approximate surface area is 426 Å². The van der Waals surface area contributed by atoms with Crippen LogP contribution in [0.1, 0.15) is 86.5 Å². The molecule has 0 atom stereocenters. The van der Waals surface area contributed by atoms with E-state index in [1.165, 1.54) is 16.7 Å². The van der Waals surface area contributed by atoms with Crippen molar-refractivity contribution in [3.05, 3.63) is 179 Å². The van der Waals surface area contributed by atoms with Crippen LogP contribution in [0, 0.1) is 0 Å². The highest BCUT2D eigenvalue weighted by Crippen LogP contribution is 2.31. The Kier molecular flexibility index (Phi) is 13.5. The zero-order valence-corrected chi connectivity index (χ0v) is 41.7. The van der Waals surface area contributed by atoms with Crippen LogP contribution in [0.4, 0.5) is 0 Å². The molecule has 7 aromatic rings. The van der Waals surface area contributed by atoms with Crippen molar-refractivity contribution in [1.29, 1.82) is 0 Å². The number of hydrogen-bond acceptors (Lipinski definition) is 6. The van der Waals surface area contributed by atoms with Crippen LogP contribution in [0.15, 0.2) is 91.1 Å². The van der Waals surface area contributed by atoms with Crippen molar-refractivity contribution in [3.63, 3.8) is 0 Å². The van der Waals surface area contributed by atoms with E-state index in [0.29, 0.717) is 114 Å². The van der Waals surface area contributed by atoms with E-state index in [9.17, 15) is 19.2 Å². The highest BCUT2D eigenvalue weighted by atomic mass is 79.9. The van der Waals surface area contributed by atoms with Gasteiger partial charge in [0.15, 0.2) is 0 Å². The summed E-state index contributed by atoms with van der Waals surface area (Å²) in [5.74, 6) is -0.436. The molecule has 0 radical (unpaired) electrons. The Morgan fingerprint density at radius 2 is 1.30 bits per heavy atom. The van der Waals surface area contributed by atoms with Crippen molar-refractivity contribution in [1.82, 2.24) is 44.6 Å². The van der Waals surface area contributed by atoms with Crippen molar-refractivity contribution < 1.29 is 19.2 Å². The molecule has 69 heavy (non-hydrogen) atoms. The van der Waals surface area contributed by atoms with Gasteiger partial charge < -0.3 is 25.0 Å². The summed E-state index contributed by atoms with van der Waals surface area (Å²) < 4.78 is 3.56. The van der Waals surface area contributed by atoms with E-state index in [1.807, 2.05) is 34.0 Å². The summed E-state index contributed by atoms with van der Waals surface area (Å²) in [6.45, 7) is 4.82. The van der Waals surface area contributed by atoms with Gasteiger partial charge in [-0.2, -0.15) is 10.2 Å². The van der Waals surface area contributed by atoms with E-state index >= 15 is 0 Å². The third kappa shape index (κ3) is 9.32. The van der Waals surface area contributed by atoms with E-state index < -0.39 is 0 Å². The number of carbonyl (C=O) groups excluding carboxylic acids is 4. The van der Waals surface area contributed by atoms with Crippen LogP contribution < -0.4 is 5.32 Å². The molecule has 13 nitrogen and oxygen atoms in total. The Morgan fingerprint density at radius 1 is 0.681 bits per heavy atom. The highest BCUT2D eigenvalue weighted by Gasteiger charge is 2.36. The zero-order chi connectivity index (χ0) is 47.9. The van der Waals surface area contributed by atoms with Crippen LogP contribution in [-0.2, 0) is 57.3 Å². The third-order valence-electron chi connectivity index (χ3n) is 13.1.